The summed E-state index contributed by atoms with van der Waals surface area (Å²) in [6.07, 6.45) is 2.22. The Hall–Kier alpha value is -2.30. The molecule has 0 aromatic heterocycles. The number of rotatable bonds is 3. The lowest BCUT2D eigenvalue weighted by molar-refractivity contribution is -0.135. The number of allylic oxidation sites excluding steroid dienone is 2. The summed E-state index contributed by atoms with van der Waals surface area (Å²) in [6.45, 7) is 10.7. The van der Waals surface area contributed by atoms with Crippen molar-refractivity contribution in [2.75, 3.05) is 26.2 Å². The number of carbonyl (C=O) groups excluding carboxylic acids is 2. The molecule has 5 heteroatoms. The molecule has 5 nitrogen and oxygen atoms in total. The third-order valence-electron chi connectivity index (χ3n) is 5.68. The van der Waals surface area contributed by atoms with Gasteiger partial charge in [-0.3, -0.25) is 9.59 Å². The number of hydrogen-bond acceptors (Lipinski definition) is 3. The molecular weight excluding hydrogens is 328 g/mol. The van der Waals surface area contributed by atoms with Crippen LogP contribution in [0.4, 0.5) is 0 Å². The molecule has 1 N–H and O–H groups in total. The van der Waals surface area contributed by atoms with Crippen molar-refractivity contribution in [3.8, 4) is 5.75 Å². The topological polar surface area (TPSA) is 60.9 Å². The first kappa shape index (κ1) is 18.5. The molecule has 2 atom stereocenters. The second-order valence-electron chi connectivity index (χ2n) is 8.23. The maximum atomic E-state index is 12.9. The molecule has 1 aliphatic heterocycles. The molecule has 2 amide bonds. The first-order valence-corrected chi connectivity index (χ1v) is 9.24. The van der Waals surface area contributed by atoms with Crippen molar-refractivity contribution < 1.29 is 14.7 Å². The van der Waals surface area contributed by atoms with Gasteiger partial charge < -0.3 is 14.9 Å². The first-order valence-electron chi connectivity index (χ1n) is 9.24. The normalized spacial score (nSPS) is 24.2. The summed E-state index contributed by atoms with van der Waals surface area (Å²) in [5.41, 5.74) is 1.84. The van der Waals surface area contributed by atoms with E-state index in [9.17, 15) is 14.7 Å². The summed E-state index contributed by atoms with van der Waals surface area (Å²) >= 11 is 0. The monoisotopic (exact) mass is 356 g/mol. The van der Waals surface area contributed by atoms with Gasteiger partial charge in [-0.15, -0.1) is 0 Å². The molecule has 1 aromatic rings. The highest BCUT2D eigenvalue weighted by Gasteiger charge is 2.61. The minimum atomic E-state index is -0.0498. The Kier molecular flexibility index (Phi) is 4.82. The molecule has 1 heterocycles. The van der Waals surface area contributed by atoms with Gasteiger partial charge in [-0.25, -0.2) is 0 Å². The van der Waals surface area contributed by atoms with E-state index in [0.29, 0.717) is 37.7 Å². The Morgan fingerprint density at radius 2 is 1.58 bits per heavy atom. The Morgan fingerprint density at radius 1 is 1.04 bits per heavy atom. The maximum absolute atomic E-state index is 12.9. The van der Waals surface area contributed by atoms with Crippen LogP contribution in [0.25, 0.3) is 0 Å². The maximum Gasteiger partial charge on any atom is 0.253 e. The fourth-order valence-electron chi connectivity index (χ4n) is 3.93. The van der Waals surface area contributed by atoms with Crippen LogP contribution in [0.15, 0.2) is 35.9 Å². The van der Waals surface area contributed by atoms with Gasteiger partial charge in [0.15, 0.2) is 0 Å². The Bertz CT molecular complexity index is 724. The van der Waals surface area contributed by atoms with Crippen LogP contribution in [0, 0.1) is 17.3 Å². The zero-order chi connectivity index (χ0) is 19.1. The lowest BCUT2D eigenvalue weighted by Gasteiger charge is -2.35. The van der Waals surface area contributed by atoms with E-state index in [2.05, 4.69) is 33.8 Å². The Morgan fingerprint density at radius 3 is 2.12 bits per heavy atom. The van der Waals surface area contributed by atoms with Gasteiger partial charge in [-0.2, -0.15) is 0 Å². The van der Waals surface area contributed by atoms with E-state index in [1.54, 1.807) is 17.0 Å². The van der Waals surface area contributed by atoms with Crippen molar-refractivity contribution in [1.29, 1.82) is 0 Å². The highest BCUT2D eigenvalue weighted by Crippen LogP contribution is 2.60. The second-order valence-corrected chi connectivity index (χ2v) is 8.23. The number of phenols is 1. The number of nitrogens with zero attached hydrogens (tertiary/aromatic N) is 2. The lowest BCUT2D eigenvalue weighted by atomic mass is 10.1. The molecular formula is C21H28N2O3. The van der Waals surface area contributed by atoms with Crippen molar-refractivity contribution in [3.05, 3.63) is 41.5 Å². The fraction of sp³-hybridized carbons (Fsp3) is 0.524. The van der Waals surface area contributed by atoms with E-state index in [4.69, 9.17) is 0 Å². The molecule has 1 saturated heterocycles. The van der Waals surface area contributed by atoms with Crippen molar-refractivity contribution in [2.45, 2.75) is 27.7 Å². The average molecular weight is 356 g/mol. The van der Waals surface area contributed by atoms with Gasteiger partial charge in [0.25, 0.3) is 5.91 Å². The zero-order valence-corrected chi connectivity index (χ0v) is 16.0. The molecule has 0 radical (unpaired) electrons. The van der Waals surface area contributed by atoms with Crippen LogP contribution in [0.2, 0.25) is 0 Å². The molecule has 0 unspecified atom stereocenters. The number of amides is 2. The Balaban J connectivity index is 1.59. The minimum Gasteiger partial charge on any atom is -0.508 e. The molecule has 1 aromatic carbocycles. The van der Waals surface area contributed by atoms with Crippen LogP contribution in [0.3, 0.4) is 0 Å². The number of carbonyl (C=O) groups is 2. The molecule has 0 bridgehead atoms. The van der Waals surface area contributed by atoms with Crippen LogP contribution in [0.1, 0.15) is 38.1 Å². The third-order valence-corrected chi connectivity index (χ3v) is 5.68. The standard InChI is InChI=1S/C21H28N2O3/c1-14(2)13-17-18(21(17,3)4)20(26)23-11-9-22(10-12-23)19(25)15-5-7-16(24)8-6-15/h5-8,13,17-18,24H,9-12H2,1-4H3/t17-,18-/m0/s1. The van der Waals surface area contributed by atoms with Crippen molar-refractivity contribution >= 4 is 11.8 Å². The number of phenolic OH excluding ortho intramolecular Hbond substituents is 1. The average Bonchev–Trinajstić information content (AvgIpc) is 3.13. The van der Waals surface area contributed by atoms with Crippen LogP contribution < -0.4 is 0 Å². The quantitative estimate of drug-likeness (QED) is 0.847. The van der Waals surface area contributed by atoms with E-state index < -0.39 is 0 Å². The second kappa shape index (κ2) is 6.78. The third kappa shape index (κ3) is 3.48. The van der Waals surface area contributed by atoms with Gasteiger partial charge in [-0.05, 0) is 49.4 Å². The van der Waals surface area contributed by atoms with Crippen LogP contribution >= 0.6 is 0 Å². The number of hydrogen-bond donors (Lipinski definition) is 1. The summed E-state index contributed by atoms with van der Waals surface area (Å²) in [5.74, 6) is 0.684. The molecule has 2 fully saturated rings. The lowest BCUT2D eigenvalue weighted by Crippen LogP contribution is -2.51. The van der Waals surface area contributed by atoms with Crippen molar-refractivity contribution in [2.24, 2.45) is 17.3 Å². The largest absolute Gasteiger partial charge is 0.508 e. The summed E-state index contributed by atoms with van der Waals surface area (Å²) < 4.78 is 0. The molecule has 3 rings (SSSR count). The highest BCUT2D eigenvalue weighted by molar-refractivity contribution is 5.94. The molecule has 26 heavy (non-hydrogen) atoms. The van der Waals surface area contributed by atoms with E-state index >= 15 is 0 Å². The number of aromatic hydroxyl groups is 1. The molecule has 0 spiro atoms. The van der Waals surface area contributed by atoms with Crippen LogP contribution in [-0.4, -0.2) is 52.9 Å². The molecule has 1 aliphatic carbocycles. The smallest absolute Gasteiger partial charge is 0.253 e. The Labute approximate surface area is 155 Å². The fourth-order valence-corrected chi connectivity index (χ4v) is 3.93. The van der Waals surface area contributed by atoms with E-state index in [1.807, 2.05) is 4.90 Å². The minimum absolute atomic E-state index is 0.0212. The van der Waals surface area contributed by atoms with E-state index in [-0.39, 0.29) is 28.9 Å². The van der Waals surface area contributed by atoms with Gasteiger partial charge in [-0.1, -0.05) is 25.5 Å². The van der Waals surface area contributed by atoms with Crippen LogP contribution in [-0.2, 0) is 4.79 Å². The van der Waals surface area contributed by atoms with Gasteiger partial charge in [0, 0.05) is 31.7 Å². The van der Waals surface area contributed by atoms with Crippen LogP contribution in [0.5, 0.6) is 5.75 Å². The van der Waals surface area contributed by atoms with Gasteiger partial charge >= 0.3 is 0 Å². The molecule has 140 valence electrons. The summed E-state index contributed by atoms with van der Waals surface area (Å²) in [5, 5.41) is 9.35. The molecule has 1 saturated carbocycles. The number of benzene rings is 1. The highest BCUT2D eigenvalue weighted by atomic mass is 16.3. The van der Waals surface area contributed by atoms with E-state index in [1.165, 1.54) is 17.7 Å². The number of piperazine rings is 1. The SMILES string of the molecule is CC(C)=C[C@H]1[C@@H](C(=O)N2CCN(C(=O)c3ccc(O)cc3)CC2)C1(C)C. The van der Waals surface area contributed by atoms with Gasteiger partial charge in [0.1, 0.15) is 5.75 Å². The molecule has 2 aliphatic rings. The first-order chi connectivity index (χ1) is 12.2. The predicted molar refractivity (Wildman–Crippen MR) is 101 cm³/mol. The summed E-state index contributed by atoms with van der Waals surface area (Å²) in [4.78, 5) is 29.1. The van der Waals surface area contributed by atoms with Crippen molar-refractivity contribution in [1.82, 2.24) is 9.80 Å². The predicted octanol–water partition coefficient (Wildman–Crippen LogP) is 2.92. The van der Waals surface area contributed by atoms with E-state index in [0.717, 1.165) is 0 Å². The van der Waals surface area contributed by atoms with Gasteiger partial charge in [0.05, 0.1) is 5.92 Å². The summed E-state index contributed by atoms with van der Waals surface area (Å²) in [7, 11) is 0. The van der Waals surface area contributed by atoms with Gasteiger partial charge in [0.2, 0.25) is 5.91 Å². The zero-order valence-electron chi connectivity index (χ0n) is 16.0. The van der Waals surface area contributed by atoms with Crippen molar-refractivity contribution in [3.63, 3.8) is 0 Å². The summed E-state index contributed by atoms with van der Waals surface area (Å²) in [6, 6.07) is 6.30.